The summed E-state index contributed by atoms with van der Waals surface area (Å²) in [6.07, 6.45) is 0. The van der Waals surface area contributed by atoms with Crippen LogP contribution in [0.25, 0.3) is 10.9 Å². The van der Waals surface area contributed by atoms with E-state index in [0.717, 1.165) is 22.0 Å². The molecule has 0 fully saturated rings. The number of carbonyl (C=O) groups is 1. The molecule has 0 bridgehead atoms. The van der Waals surface area contributed by atoms with E-state index in [-0.39, 0.29) is 17.6 Å². The third-order valence-corrected chi connectivity index (χ3v) is 4.59. The number of primary amides is 1. The molecule has 0 radical (unpaired) electrons. The summed E-state index contributed by atoms with van der Waals surface area (Å²) >= 11 is 0. The third kappa shape index (κ3) is 4.30. The molecule has 27 heavy (non-hydrogen) atoms. The lowest BCUT2D eigenvalue weighted by Crippen LogP contribution is -2.28. The zero-order valence-corrected chi connectivity index (χ0v) is 15.4. The van der Waals surface area contributed by atoms with Crippen LogP contribution in [-0.4, -0.2) is 36.6 Å². The van der Waals surface area contributed by atoms with Crippen LogP contribution >= 0.6 is 0 Å². The fraction of sp³-hybridized carbons (Fsp3) is 0.238. The Morgan fingerprint density at radius 3 is 2.59 bits per heavy atom. The summed E-state index contributed by atoms with van der Waals surface area (Å²) < 4.78 is 18.7. The number of para-hydroxylation sites is 1. The van der Waals surface area contributed by atoms with Gasteiger partial charge in [-0.25, -0.2) is 9.37 Å². The molecule has 3 aromatic rings. The molecule has 2 N–H and O–H groups in total. The van der Waals surface area contributed by atoms with Crippen LogP contribution in [0.3, 0.4) is 0 Å². The van der Waals surface area contributed by atoms with Gasteiger partial charge in [0.15, 0.2) is 0 Å². The highest BCUT2D eigenvalue weighted by atomic mass is 19.1. The summed E-state index contributed by atoms with van der Waals surface area (Å²) in [7, 11) is 3.60. The van der Waals surface area contributed by atoms with Gasteiger partial charge in [-0.15, -0.1) is 0 Å². The molecule has 1 aromatic heterocycles. The van der Waals surface area contributed by atoms with Crippen LogP contribution < -0.4 is 5.73 Å². The summed E-state index contributed by atoms with van der Waals surface area (Å²) in [5, 5.41) is 0.963. The van der Waals surface area contributed by atoms with Crippen molar-refractivity contribution in [2.24, 2.45) is 5.73 Å². The molecule has 6 heteroatoms. The smallest absolute Gasteiger partial charge is 0.267 e. The van der Waals surface area contributed by atoms with Gasteiger partial charge in [-0.05, 0) is 42.4 Å². The summed E-state index contributed by atoms with van der Waals surface area (Å²) in [5.74, 6) is -0.833. The molecule has 5 nitrogen and oxygen atoms in total. The van der Waals surface area contributed by atoms with E-state index in [1.54, 1.807) is 25.3 Å². The molecule has 140 valence electrons. The average molecular weight is 367 g/mol. The first-order valence-electron chi connectivity index (χ1n) is 8.62. The Bertz CT molecular complexity index is 944. The number of likely N-dealkylation sites (N-methyl/N-ethyl adjacent to an activating group) is 1. The zero-order valence-electron chi connectivity index (χ0n) is 15.4. The van der Waals surface area contributed by atoms with Crippen molar-refractivity contribution in [3.05, 3.63) is 77.2 Å². The van der Waals surface area contributed by atoms with E-state index in [1.807, 2.05) is 31.3 Å². The second-order valence-corrected chi connectivity index (χ2v) is 6.49. The van der Waals surface area contributed by atoms with E-state index >= 15 is 0 Å². The number of nitrogens with two attached hydrogens (primary N) is 1. The van der Waals surface area contributed by atoms with E-state index < -0.39 is 5.91 Å². The lowest BCUT2D eigenvalue weighted by atomic mass is 10.0. The fourth-order valence-electron chi connectivity index (χ4n) is 3.20. The van der Waals surface area contributed by atoms with Crippen molar-refractivity contribution in [2.45, 2.75) is 12.6 Å². The summed E-state index contributed by atoms with van der Waals surface area (Å²) in [4.78, 5) is 18.1. The minimum Gasteiger partial charge on any atom is -0.383 e. The van der Waals surface area contributed by atoms with Crippen molar-refractivity contribution in [1.29, 1.82) is 0 Å². The maximum Gasteiger partial charge on any atom is 0.267 e. The monoisotopic (exact) mass is 367 g/mol. The molecule has 2 aromatic carbocycles. The normalized spacial score (nSPS) is 12.4. The minimum atomic E-state index is -0.559. The van der Waals surface area contributed by atoms with Crippen LogP contribution in [0.15, 0.2) is 54.6 Å². The topological polar surface area (TPSA) is 68.5 Å². The van der Waals surface area contributed by atoms with Crippen LogP contribution in [-0.2, 0) is 11.3 Å². The molecule has 0 aliphatic carbocycles. The number of pyridine rings is 1. The predicted molar refractivity (Wildman–Crippen MR) is 103 cm³/mol. The average Bonchev–Trinajstić information content (AvgIpc) is 2.66. The van der Waals surface area contributed by atoms with Crippen molar-refractivity contribution in [2.75, 3.05) is 20.8 Å². The number of hydrogen-bond donors (Lipinski definition) is 1. The van der Waals surface area contributed by atoms with Gasteiger partial charge in [0, 0.05) is 19.0 Å². The summed E-state index contributed by atoms with van der Waals surface area (Å²) in [6, 6.07) is 15.7. The van der Waals surface area contributed by atoms with Gasteiger partial charge in [-0.2, -0.15) is 0 Å². The molecule has 0 aliphatic rings. The van der Waals surface area contributed by atoms with E-state index in [2.05, 4.69) is 9.88 Å². The van der Waals surface area contributed by atoms with E-state index in [0.29, 0.717) is 13.2 Å². The number of halogens is 1. The molecule has 0 aliphatic heterocycles. The standard InChI is InChI=1S/C21H22FN3O2/c1-25(20(13-27-2)14-7-9-16(22)10-8-14)12-15-11-19(21(23)26)24-18-6-4-3-5-17(15)18/h3-11,20H,12-13H2,1-2H3,(H2,23,26). The maximum absolute atomic E-state index is 13.3. The Kier molecular flexibility index (Phi) is 5.78. The number of benzene rings is 2. The molecule has 1 atom stereocenters. The van der Waals surface area contributed by atoms with Gasteiger partial charge < -0.3 is 10.5 Å². The second kappa shape index (κ2) is 8.24. The molecule has 3 rings (SSSR count). The van der Waals surface area contributed by atoms with E-state index in [9.17, 15) is 9.18 Å². The first kappa shape index (κ1) is 18.9. The van der Waals surface area contributed by atoms with Gasteiger partial charge in [-0.3, -0.25) is 9.69 Å². The number of rotatable bonds is 7. The first-order valence-corrected chi connectivity index (χ1v) is 8.62. The van der Waals surface area contributed by atoms with Crippen molar-refractivity contribution < 1.29 is 13.9 Å². The number of hydrogen-bond acceptors (Lipinski definition) is 4. The van der Waals surface area contributed by atoms with Crippen LogP contribution in [0.1, 0.15) is 27.7 Å². The summed E-state index contributed by atoms with van der Waals surface area (Å²) in [6.45, 7) is 1.00. The zero-order chi connectivity index (χ0) is 19.4. The molecule has 0 saturated heterocycles. The fourth-order valence-corrected chi connectivity index (χ4v) is 3.20. The van der Waals surface area contributed by atoms with Gasteiger partial charge in [0.25, 0.3) is 5.91 Å². The number of carbonyl (C=O) groups excluding carboxylic acids is 1. The molecule has 0 saturated carbocycles. The van der Waals surface area contributed by atoms with Crippen LogP contribution in [0.2, 0.25) is 0 Å². The van der Waals surface area contributed by atoms with Crippen LogP contribution in [0.4, 0.5) is 4.39 Å². The van der Waals surface area contributed by atoms with Gasteiger partial charge in [0.1, 0.15) is 11.5 Å². The maximum atomic E-state index is 13.3. The molecule has 1 amide bonds. The van der Waals surface area contributed by atoms with Gasteiger partial charge in [0.2, 0.25) is 0 Å². The van der Waals surface area contributed by atoms with Crippen molar-refractivity contribution in [1.82, 2.24) is 9.88 Å². The molecule has 1 unspecified atom stereocenters. The lowest BCUT2D eigenvalue weighted by molar-refractivity contribution is 0.0992. The van der Waals surface area contributed by atoms with Crippen molar-refractivity contribution >= 4 is 16.8 Å². The Balaban J connectivity index is 1.96. The van der Waals surface area contributed by atoms with Gasteiger partial charge >= 0.3 is 0 Å². The third-order valence-electron chi connectivity index (χ3n) is 4.59. The predicted octanol–water partition coefficient (Wildman–Crippen LogP) is 3.29. The number of fused-ring (bicyclic) bond motifs is 1. The number of nitrogens with zero attached hydrogens (tertiary/aromatic N) is 2. The van der Waals surface area contributed by atoms with Crippen molar-refractivity contribution in [3.8, 4) is 0 Å². The second-order valence-electron chi connectivity index (χ2n) is 6.49. The Morgan fingerprint density at radius 2 is 1.93 bits per heavy atom. The Hall–Kier alpha value is -2.83. The highest BCUT2D eigenvalue weighted by molar-refractivity contribution is 5.94. The van der Waals surface area contributed by atoms with E-state index in [4.69, 9.17) is 10.5 Å². The SMILES string of the molecule is COCC(c1ccc(F)cc1)N(C)Cc1cc(C(N)=O)nc2ccccc12. The molecule has 0 spiro atoms. The Labute approximate surface area is 157 Å². The highest BCUT2D eigenvalue weighted by Crippen LogP contribution is 2.25. The minimum absolute atomic E-state index is 0.0699. The number of methoxy groups -OCH3 is 1. The molecule has 1 heterocycles. The number of amides is 1. The van der Waals surface area contributed by atoms with Gasteiger partial charge in [0.05, 0.1) is 18.2 Å². The van der Waals surface area contributed by atoms with Crippen molar-refractivity contribution in [3.63, 3.8) is 0 Å². The largest absolute Gasteiger partial charge is 0.383 e. The van der Waals surface area contributed by atoms with Crippen LogP contribution in [0.5, 0.6) is 0 Å². The number of aromatic nitrogens is 1. The van der Waals surface area contributed by atoms with Crippen LogP contribution in [0, 0.1) is 5.82 Å². The first-order chi connectivity index (χ1) is 13.0. The molecular weight excluding hydrogens is 345 g/mol. The lowest BCUT2D eigenvalue weighted by Gasteiger charge is -2.28. The summed E-state index contributed by atoms with van der Waals surface area (Å²) in [5.41, 5.74) is 8.31. The van der Waals surface area contributed by atoms with E-state index in [1.165, 1.54) is 12.1 Å². The highest BCUT2D eigenvalue weighted by Gasteiger charge is 2.19. The van der Waals surface area contributed by atoms with Gasteiger partial charge in [-0.1, -0.05) is 30.3 Å². The quantitative estimate of drug-likeness (QED) is 0.696. The number of ether oxygens (including phenoxy) is 1. The Morgan fingerprint density at radius 1 is 1.22 bits per heavy atom. The molecular formula is C21H22FN3O2.